The average Bonchev–Trinajstić information content (AvgIpc) is 2.91. The van der Waals surface area contributed by atoms with E-state index in [-0.39, 0.29) is 18.2 Å². The number of rotatable bonds is 10. The number of nitrogens with one attached hydrogen (secondary N) is 2. The van der Waals surface area contributed by atoms with Crippen LogP contribution >= 0.6 is 0 Å². The molecule has 2 N–H and O–H groups in total. The van der Waals surface area contributed by atoms with E-state index in [1.807, 2.05) is 101 Å². The molecule has 3 amide bonds. The fourth-order valence-corrected chi connectivity index (χ4v) is 4.92. The highest BCUT2D eigenvalue weighted by Gasteiger charge is 2.36. The Hall–Kier alpha value is -4.13. The number of amides is 3. The van der Waals surface area contributed by atoms with Crippen LogP contribution in [0.1, 0.15) is 73.5 Å². The van der Waals surface area contributed by atoms with Gasteiger partial charge >= 0.3 is 6.09 Å². The maximum Gasteiger partial charge on any atom is 0.408 e. The molecule has 0 saturated carbocycles. The van der Waals surface area contributed by atoms with E-state index < -0.39 is 23.8 Å². The normalized spacial score (nSPS) is 12.7. The molecule has 7 nitrogen and oxygen atoms in total. The third kappa shape index (κ3) is 8.68. The zero-order chi connectivity index (χ0) is 31.0. The standard InChI is InChI=1S/C35H45N3O4/c1-9-20-38(33(40)29(22-27-16-11-10-12-17-27)36-34(41)42-35(6,7)8)31(28-19-18-23(2)26(5)21-28)32(39)37-30-24(3)14-13-15-25(30)4/h10-19,21,29,31H,9,20,22H2,1-8H3,(H,36,41)(H,37,39). The molecule has 0 aliphatic heterocycles. The molecule has 0 fully saturated rings. The molecule has 3 rings (SSSR count). The number of hydrogen-bond donors (Lipinski definition) is 2. The van der Waals surface area contributed by atoms with Gasteiger partial charge in [-0.05, 0) is 88.3 Å². The van der Waals surface area contributed by atoms with Crippen LogP contribution in [0.3, 0.4) is 0 Å². The summed E-state index contributed by atoms with van der Waals surface area (Å²) in [7, 11) is 0. The van der Waals surface area contributed by atoms with E-state index in [1.54, 1.807) is 25.7 Å². The van der Waals surface area contributed by atoms with Crippen molar-refractivity contribution in [3.05, 3.63) is 100 Å². The lowest BCUT2D eigenvalue weighted by Crippen LogP contribution is -2.53. The lowest BCUT2D eigenvalue weighted by Gasteiger charge is -2.35. The van der Waals surface area contributed by atoms with E-state index in [1.165, 1.54) is 0 Å². The minimum absolute atomic E-state index is 0.247. The first-order valence-corrected chi connectivity index (χ1v) is 14.6. The minimum Gasteiger partial charge on any atom is -0.444 e. The van der Waals surface area contributed by atoms with Crippen LogP contribution in [-0.2, 0) is 20.7 Å². The van der Waals surface area contributed by atoms with Crippen molar-refractivity contribution >= 4 is 23.6 Å². The largest absolute Gasteiger partial charge is 0.444 e. The second-order valence-electron chi connectivity index (χ2n) is 11.9. The molecule has 0 spiro atoms. The molecular formula is C35H45N3O4. The summed E-state index contributed by atoms with van der Waals surface area (Å²) in [5.41, 5.74) is 5.57. The molecule has 3 aromatic carbocycles. The van der Waals surface area contributed by atoms with Crippen LogP contribution in [0.2, 0.25) is 0 Å². The van der Waals surface area contributed by atoms with Crippen molar-refractivity contribution in [3.63, 3.8) is 0 Å². The Bertz CT molecular complexity index is 1370. The number of nitrogens with zero attached hydrogens (tertiary/aromatic N) is 1. The molecule has 0 aliphatic carbocycles. The number of alkyl carbamates (subject to hydrolysis) is 1. The predicted octanol–water partition coefficient (Wildman–Crippen LogP) is 6.97. The topological polar surface area (TPSA) is 87.7 Å². The van der Waals surface area contributed by atoms with Gasteiger partial charge in [-0.1, -0.05) is 73.7 Å². The molecule has 0 radical (unpaired) electrons. The zero-order valence-corrected chi connectivity index (χ0v) is 26.2. The van der Waals surface area contributed by atoms with Crippen LogP contribution in [0.5, 0.6) is 0 Å². The summed E-state index contributed by atoms with van der Waals surface area (Å²) >= 11 is 0. The van der Waals surface area contributed by atoms with Gasteiger partial charge in [0.1, 0.15) is 17.7 Å². The quantitative estimate of drug-likeness (QED) is 0.275. The third-order valence-corrected chi connectivity index (χ3v) is 7.16. The van der Waals surface area contributed by atoms with Crippen LogP contribution in [0.25, 0.3) is 0 Å². The SMILES string of the molecule is CCCN(C(=O)C(Cc1ccccc1)NC(=O)OC(C)(C)C)C(C(=O)Nc1c(C)cccc1C)c1ccc(C)c(C)c1. The van der Waals surface area contributed by atoms with Crippen LogP contribution in [0.4, 0.5) is 10.5 Å². The first-order chi connectivity index (χ1) is 19.8. The Morgan fingerprint density at radius 2 is 1.48 bits per heavy atom. The monoisotopic (exact) mass is 571 g/mol. The molecule has 0 saturated heterocycles. The van der Waals surface area contributed by atoms with Gasteiger partial charge in [0.05, 0.1) is 0 Å². The van der Waals surface area contributed by atoms with Gasteiger partial charge in [0, 0.05) is 18.7 Å². The van der Waals surface area contributed by atoms with Gasteiger partial charge in [-0.15, -0.1) is 0 Å². The van der Waals surface area contributed by atoms with Crippen LogP contribution in [0.15, 0.2) is 66.7 Å². The highest BCUT2D eigenvalue weighted by Crippen LogP contribution is 2.29. The Morgan fingerprint density at radius 1 is 0.833 bits per heavy atom. The van der Waals surface area contributed by atoms with Crippen LogP contribution < -0.4 is 10.6 Å². The summed E-state index contributed by atoms with van der Waals surface area (Å²) in [5, 5.41) is 5.93. The van der Waals surface area contributed by atoms with Crippen molar-refractivity contribution in [1.29, 1.82) is 0 Å². The number of benzene rings is 3. The third-order valence-electron chi connectivity index (χ3n) is 7.16. The van der Waals surface area contributed by atoms with Crippen molar-refractivity contribution in [3.8, 4) is 0 Å². The van der Waals surface area contributed by atoms with E-state index in [4.69, 9.17) is 4.74 Å². The lowest BCUT2D eigenvalue weighted by molar-refractivity contribution is -0.140. The Balaban J connectivity index is 2.09. The van der Waals surface area contributed by atoms with E-state index in [2.05, 4.69) is 10.6 Å². The smallest absolute Gasteiger partial charge is 0.408 e. The number of anilines is 1. The average molecular weight is 572 g/mol. The summed E-state index contributed by atoms with van der Waals surface area (Å²) in [6.07, 6.45) is 0.182. The van der Waals surface area contributed by atoms with Gasteiger partial charge in [0.25, 0.3) is 5.91 Å². The molecule has 3 aromatic rings. The molecule has 42 heavy (non-hydrogen) atoms. The molecule has 0 bridgehead atoms. The van der Waals surface area contributed by atoms with Crippen molar-refractivity contribution < 1.29 is 19.1 Å². The van der Waals surface area contributed by atoms with Crippen LogP contribution in [0, 0.1) is 27.7 Å². The Kier molecular flexibility index (Phi) is 10.9. The zero-order valence-electron chi connectivity index (χ0n) is 26.2. The highest BCUT2D eigenvalue weighted by molar-refractivity contribution is 6.00. The van der Waals surface area contributed by atoms with Crippen molar-refractivity contribution in [2.24, 2.45) is 0 Å². The molecule has 224 valence electrons. The van der Waals surface area contributed by atoms with E-state index in [0.717, 1.165) is 33.5 Å². The first-order valence-electron chi connectivity index (χ1n) is 14.6. The van der Waals surface area contributed by atoms with Gasteiger partial charge in [0.2, 0.25) is 5.91 Å². The second-order valence-corrected chi connectivity index (χ2v) is 11.9. The molecule has 2 atom stereocenters. The van der Waals surface area contributed by atoms with Crippen molar-refractivity contribution in [2.45, 2.75) is 85.9 Å². The van der Waals surface area contributed by atoms with Crippen molar-refractivity contribution in [1.82, 2.24) is 10.2 Å². The summed E-state index contributed by atoms with van der Waals surface area (Å²) in [6.45, 7) is 15.5. The molecule has 0 aromatic heterocycles. The minimum atomic E-state index is -0.948. The summed E-state index contributed by atoms with van der Waals surface area (Å²) in [6, 6.07) is 19.3. The van der Waals surface area contributed by atoms with Gasteiger partial charge < -0.3 is 20.3 Å². The predicted molar refractivity (Wildman–Crippen MR) is 169 cm³/mol. The van der Waals surface area contributed by atoms with Crippen LogP contribution in [-0.4, -0.2) is 41.0 Å². The lowest BCUT2D eigenvalue weighted by atomic mass is 9.97. The number of ether oxygens (including phenoxy) is 1. The Morgan fingerprint density at radius 3 is 2.05 bits per heavy atom. The van der Waals surface area contributed by atoms with Gasteiger partial charge in [-0.2, -0.15) is 0 Å². The van der Waals surface area contributed by atoms with E-state index in [0.29, 0.717) is 18.5 Å². The fourth-order valence-electron chi connectivity index (χ4n) is 4.92. The number of carbonyl (C=O) groups excluding carboxylic acids is 3. The first kappa shape index (κ1) is 32.4. The van der Waals surface area contributed by atoms with Crippen molar-refractivity contribution in [2.75, 3.05) is 11.9 Å². The van der Waals surface area contributed by atoms with E-state index in [9.17, 15) is 14.4 Å². The molecule has 7 heteroatoms. The number of hydrogen-bond acceptors (Lipinski definition) is 4. The summed E-state index contributed by atoms with van der Waals surface area (Å²) < 4.78 is 5.52. The number of para-hydroxylation sites is 1. The van der Waals surface area contributed by atoms with Gasteiger partial charge in [-0.25, -0.2) is 4.79 Å². The maximum absolute atomic E-state index is 14.5. The van der Waals surface area contributed by atoms with Gasteiger partial charge in [-0.3, -0.25) is 9.59 Å². The number of aryl methyl sites for hydroxylation is 4. The fraction of sp³-hybridized carbons (Fsp3) is 0.400. The Labute approximate surface area is 250 Å². The summed E-state index contributed by atoms with van der Waals surface area (Å²) in [4.78, 5) is 43.2. The van der Waals surface area contributed by atoms with Gasteiger partial charge in [0.15, 0.2) is 0 Å². The molecule has 0 heterocycles. The molecular weight excluding hydrogens is 526 g/mol. The number of carbonyl (C=O) groups is 3. The second kappa shape index (κ2) is 14.2. The highest BCUT2D eigenvalue weighted by atomic mass is 16.6. The van der Waals surface area contributed by atoms with E-state index >= 15 is 0 Å². The summed E-state index contributed by atoms with van der Waals surface area (Å²) in [5.74, 6) is -0.667. The molecule has 0 aliphatic rings. The maximum atomic E-state index is 14.5. The molecule has 2 unspecified atom stereocenters.